The largest absolute Gasteiger partial charge is 0.314 e. The maximum atomic E-state index is 12.6. The zero-order valence-electron chi connectivity index (χ0n) is 13.9. The maximum Gasteiger partial charge on any atom is 0.178 e. The zero-order valence-corrected chi connectivity index (χ0v) is 14.7. The van der Waals surface area contributed by atoms with E-state index in [1.807, 2.05) is 32.9 Å². The second kappa shape index (κ2) is 7.57. The minimum absolute atomic E-state index is 0.146. The van der Waals surface area contributed by atoms with Crippen molar-refractivity contribution in [1.82, 2.24) is 10.2 Å². The fourth-order valence-electron chi connectivity index (χ4n) is 2.95. The Bertz CT molecular complexity index is 591. The second-order valence-electron chi connectivity index (χ2n) is 6.63. The summed E-state index contributed by atoms with van der Waals surface area (Å²) in [4.78, 5) is 2.93. The predicted molar refractivity (Wildman–Crippen MR) is 91.1 cm³/mol. The Hall–Kier alpha value is -0.910. The summed E-state index contributed by atoms with van der Waals surface area (Å²) in [5, 5.41) is 3.34. The van der Waals surface area contributed by atoms with Crippen molar-refractivity contribution >= 4 is 9.84 Å². The molecule has 4 nitrogen and oxygen atoms in total. The van der Waals surface area contributed by atoms with Crippen LogP contribution in [0.1, 0.15) is 25.0 Å². The molecule has 1 heterocycles. The molecular formula is C17H28N2O2S. The minimum Gasteiger partial charge on any atom is -0.314 e. The molecule has 1 saturated heterocycles. The number of piperazine rings is 1. The summed E-state index contributed by atoms with van der Waals surface area (Å²) >= 11 is 0. The first-order chi connectivity index (χ1) is 10.4. The van der Waals surface area contributed by atoms with Gasteiger partial charge in [0, 0.05) is 32.7 Å². The molecule has 0 unspecified atom stereocenters. The van der Waals surface area contributed by atoms with E-state index >= 15 is 0 Å². The molecule has 0 aromatic heterocycles. The van der Waals surface area contributed by atoms with Gasteiger partial charge in [0.05, 0.1) is 10.6 Å². The molecule has 0 amide bonds. The van der Waals surface area contributed by atoms with Crippen molar-refractivity contribution in [1.29, 1.82) is 0 Å². The Morgan fingerprint density at radius 3 is 2.55 bits per heavy atom. The molecule has 5 heteroatoms. The fraction of sp³-hybridized carbons (Fsp3) is 0.647. The van der Waals surface area contributed by atoms with E-state index in [-0.39, 0.29) is 11.7 Å². The van der Waals surface area contributed by atoms with Gasteiger partial charge >= 0.3 is 0 Å². The SMILES string of the molecule is Cc1ccc(S(=O)(=O)CC(C)C)c(CCN2CCNCC2)c1. The van der Waals surface area contributed by atoms with Gasteiger partial charge in [-0.2, -0.15) is 0 Å². The first kappa shape index (κ1) is 17.4. The Kier molecular flexibility index (Phi) is 6.01. The summed E-state index contributed by atoms with van der Waals surface area (Å²) in [6, 6.07) is 5.73. The van der Waals surface area contributed by atoms with Gasteiger partial charge in [0.1, 0.15) is 0 Å². The summed E-state index contributed by atoms with van der Waals surface area (Å²) in [6.45, 7) is 11.0. The van der Waals surface area contributed by atoms with Crippen LogP contribution in [0.25, 0.3) is 0 Å². The second-order valence-corrected chi connectivity index (χ2v) is 8.63. The van der Waals surface area contributed by atoms with Crippen LogP contribution in [0.15, 0.2) is 23.1 Å². The molecule has 2 rings (SSSR count). The Morgan fingerprint density at radius 2 is 1.91 bits per heavy atom. The van der Waals surface area contributed by atoms with E-state index < -0.39 is 9.84 Å². The smallest absolute Gasteiger partial charge is 0.178 e. The fourth-order valence-corrected chi connectivity index (χ4v) is 4.84. The van der Waals surface area contributed by atoms with Crippen molar-refractivity contribution in [3.05, 3.63) is 29.3 Å². The molecule has 0 saturated carbocycles. The highest BCUT2D eigenvalue weighted by molar-refractivity contribution is 7.91. The van der Waals surface area contributed by atoms with Crippen LogP contribution in [0, 0.1) is 12.8 Å². The number of rotatable bonds is 6. The number of aryl methyl sites for hydroxylation is 1. The number of hydrogen-bond donors (Lipinski definition) is 1. The molecule has 0 atom stereocenters. The first-order valence-corrected chi connectivity index (χ1v) is 9.79. The van der Waals surface area contributed by atoms with Crippen molar-refractivity contribution in [3.8, 4) is 0 Å². The van der Waals surface area contributed by atoms with E-state index in [1.54, 1.807) is 6.07 Å². The molecule has 0 bridgehead atoms. The topological polar surface area (TPSA) is 49.4 Å². The molecule has 1 aliphatic rings. The summed E-state index contributed by atoms with van der Waals surface area (Å²) in [6.07, 6.45) is 0.800. The van der Waals surface area contributed by atoms with E-state index in [1.165, 1.54) is 0 Å². The predicted octanol–water partition coefficient (Wildman–Crippen LogP) is 1.87. The summed E-state index contributed by atoms with van der Waals surface area (Å²) < 4.78 is 25.2. The van der Waals surface area contributed by atoms with E-state index in [9.17, 15) is 8.42 Å². The van der Waals surface area contributed by atoms with Crippen molar-refractivity contribution in [2.24, 2.45) is 5.92 Å². The van der Waals surface area contributed by atoms with Gasteiger partial charge in [-0.15, -0.1) is 0 Å². The van der Waals surface area contributed by atoms with Gasteiger partial charge in [-0.25, -0.2) is 8.42 Å². The molecule has 0 radical (unpaired) electrons. The van der Waals surface area contributed by atoms with Gasteiger partial charge in [-0.05, 0) is 30.9 Å². The molecule has 124 valence electrons. The molecular weight excluding hydrogens is 296 g/mol. The number of benzene rings is 1. The molecule has 1 aromatic rings. The molecule has 1 aliphatic heterocycles. The minimum atomic E-state index is -3.19. The number of hydrogen-bond acceptors (Lipinski definition) is 4. The lowest BCUT2D eigenvalue weighted by Crippen LogP contribution is -2.44. The lowest BCUT2D eigenvalue weighted by molar-refractivity contribution is 0.243. The van der Waals surface area contributed by atoms with E-state index in [0.29, 0.717) is 4.90 Å². The summed E-state index contributed by atoms with van der Waals surface area (Å²) in [7, 11) is -3.19. The van der Waals surface area contributed by atoms with Crippen molar-refractivity contribution in [3.63, 3.8) is 0 Å². The molecule has 1 aromatic carbocycles. The van der Waals surface area contributed by atoms with E-state index in [4.69, 9.17) is 0 Å². The molecule has 0 aliphatic carbocycles. The lowest BCUT2D eigenvalue weighted by Gasteiger charge is -2.27. The van der Waals surface area contributed by atoms with Gasteiger partial charge < -0.3 is 10.2 Å². The summed E-state index contributed by atoms with van der Waals surface area (Å²) in [5.41, 5.74) is 2.10. The van der Waals surface area contributed by atoms with Crippen LogP contribution < -0.4 is 5.32 Å². The third kappa shape index (κ3) is 4.80. The average Bonchev–Trinajstić information content (AvgIpc) is 2.44. The number of sulfone groups is 1. The maximum absolute atomic E-state index is 12.6. The quantitative estimate of drug-likeness (QED) is 0.868. The third-order valence-electron chi connectivity index (χ3n) is 4.01. The highest BCUT2D eigenvalue weighted by Gasteiger charge is 2.20. The Balaban J connectivity index is 2.16. The first-order valence-electron chi connectivity index (χ1n) is 8.14. The van der Waals surface area contributed by atoms with Crippen LogP contribution in [0.4, 0.5) is 0 Å². The molecule has 1 fully saturated rings. The molecule has 0 spiro atoms. The van der Waals surface area contributed by atoms with Crippen LogP contribution in [0.2, 0.25) is 0 Å². The highest BCUT2D eigenvalue weighted by Crippen LogP contribution is 2.21. The van der Waals surface area contributed by atoms with Crippen molar-refractivity contribution in [2.75, 3.05) is 38.5 Å². The lowest BCUT2D eigenvalue weighted by atomic mass is 10.1. The highest BCUT2D eigenvalue weighted by atomic mass is 32.2. The van der Waals surface area contributed by atoms with Crippen molar-refractivity contribution in [2.45, 2.75) is 32.1 Å². The monoisotopic (exact) mass is 324 g/mol. The van der Waals surface area contributed by atoms with E-state index in [2.05, 4.69) is 10.2 Å². The van der Waals surface area contributed by atoms with Gasteiger partial charge in [0.25, 0.3) is 0 Å². The van der Waals surface area contributed by atoms with Gasteiger partial charge in [0.2, 0.25) is 0 Å². The van der Waals surface area contributed by atoms with Gasteiger partial charge in [0.15, 0.2) is 9.84 Å². The van der Waals surface area contributed by atoms with Crippen LogP contribution in [0.5, 0.6) is 0 Å². The van der Waals surface area contributed by atoms with Gasteiger partial charge in [-0.3, -0.25) is 0 Å². The van der Waals surface area contributed by atoms with Crippen molar-refractivity contribution < 1.29 is 8.42 Å². The average molecular weight is 324 g/mol. The van der Waals surface area contributed by atoms with Crippen LogP contribution in [-0.2, 0) is 16.3 Å². The number of nitrogens with zero attached hydrogens (tertiary/aromatic N) is 1. The Morgan fingerprint density at radius 1 is 1.23 bits per heavy atom. The Labute approximate surface area is 134 Å². The third-order valence-corrected chi connectivity index (χ3v) is 6.18. The van der Waals surface area contributed by atoms with Crippen LogP contribution in [0.3, 0.4) is 0 Å². The molecule has 22 heavy (non-hydrogen) atoms. The van der Waals surface area contributed by atoms with Crippen LogP contribution in [-0.4, -0.2) is 51.8 Å². The standard InChI is InChI=1S/C17H28N2O2S/c1-14(2)13-22(20,21)17-5-4-15(3)12-16(17)6-9-19-10-7-18-8-11-19/h4-5,12,14,18H,6-11,13H2,1-3H3. The van der Waals surface area contributed by atoms with Crippen LogP contribution >= 0.6 is 0 Å². The van der Waals surface area contributed by atoms with E-state index in [0.717, 1.165) is 50.3 Å². The molecule has 1 N–H and O–H groups in total. The summed E-state index contributed by atoms with van der Waals surface area (Å²) in [5.74, 6) is 0.365. The normalized spacial score (nSPS) is 17.1. The zero-order chi connectivity index (χ0) is 16.2. The number of nitrogens with one attached hydrogen (secondary N) is 1. The van der Waals surface area contributed by atoms with Gasteiger partial charge in [-0.1, -0.05) is 31.5 Å².